The quantitative estimate of drug-likeness (QED) is 0.337. The summed E-state index contributed by atoms with van der Waals surface area (Å²) in [5.41, 5.74) is -1.95. The highest BCUT2D eigenvalue weighted by molar-refractivity contribution is 6.13. The molecule has 5 N–H and O–H groups in total. The van der Waals surface area contributed by atoms with E-state index >= 15 is 0 Å². The fourth-order valence-corrected chi connectivity index (χ4v) is 3.27. The van der Waals surface area contributed by atoms with Gasteiger partial charge in [-0.3, -0.25) is 0 Å². The lowest BCUT2D eigenvalue weighted by atomic mass is 9.91. The van der Waals surface area contributed by atoms with E-state index < -0.39 is 29.2 Å². The van der Waals surface area contributed by atoms with Crippen molar-refractivity contribution >= 4 is 32.9 Å². The number of rotatable bonds is 3. The van der Waals surface area contributed by atoms with E-state index in [9.17, 15) is 30.3 Å². The topological polar surface area (TPSA) is 144 Å². The maximum absolute atomic E-state index is 12.4. The predicted molar refractivity (Wildman–Crippen MR) is 100 cm³/mol. The second-order valence-corrected chi connectivity index (χ2v) is 7.33. The zero-order valence-electron chi connectivity index (χ0n) is 15.0. The maximum atomic E-state index is 12.4. The first-order chi connectivity index (χ1) is 13.1. The summed E-state index contributed by atoms with van der Waals surface area (Å²) < 4.78 is 11.0. The maximum Gasteiger partial charge on any atom is 0.348 e. The largest absolute Gasteiger partial charge is 0.508 e. The Morgan fingerprint density at radius 2 is 1.64 bits per heavy atom. The fraction of sp³-hybridized carbons (Fsp3) is 0.250. The summed E-state index contributed by atoms with van der Waals surface area (Å²) in [7, 11) is 0. The molecular weight excluding hydrogens is 368 g/mol. The molecule has 8 nitrogen and oxygen atoms in total. The van der Waals surface area contributed by atoms with Crippen LogP contribution in [0.15, 0.2) is 44.0 Å². The molecule has 0 aliphatic rings. The average molecular weight is 386 g/mol. The first kappa shape index (κ1) is 18.3. The van der Waals surface area contributed by atoms with Crippen molar-refractivity contribution in [2.45, 2.75) is 31.7 Å². The molecule has 0 fully saturated rings. The minimum atomic E-state index is -1.63. The van der Waals surface area contributed by atoms with E-state index in [0.29, 0.717) is 5.39 Å². The van der Waals surface area contributed by atoms with Gasteiger partial charge in [0.15, 0.2) is 5.58 Å². The Morgan fingerprint density at radius 3 is 2.32 bits per heavy atom. The number of phenolic OH excluding ortho intramolecular Hbond substituents is 2. The summed E-state index contributed by atoms with van der Waals surface area (Å²) in [5, 5.41) is 51.3. The van der Waals surface area contributed by atoms with E-state index in [2.05, 4.69) is 0 Å². The van der Waals surface area contributed by atoms with Gasteiger partial charge in [-0.25, -0.2) is 4.79 Å². The molecule has 0 bridgehead atoms. The van der Waals surface area contributed by atoms with Crippen molar-refractivity contribution in [3.8, 4) is 11.5 Å². The van der Waals surface area contributed by atoms with Gasteiger partial charge in [0, 0.05) is 23.1 Å². The highest BCUT2D eigenvalue weighted by Gasteiger charge is 2.34. The minimum Gasteiger partial charge on any atom is -0.508 e. The van der Waals surface area contributed by atoms with Crippen LogP contribution in [0.1, 0.15) is 25.5 Å². The number of benzene rings is 2. The van der Waals surface area contributed by atoms with E-state index in [4.69, 9.17) is 8.83 Å². The number of hydrogen-bond donors (Lipinski definition) is 5. The van der Waals surface area contributed by atoms with Crippen LogP contribution in [-0.2, 0) is 0 Å². The molecule has 0 spiro atoms. The van der Waals surface area contributed by atoms with Gasteiger partial charge in [0.05, 0.1) is 11.0 Å². The molecule has 0 saturated heterocycles. The molecule has 146 valence electrons. The number of aromatic hydroxyl groups is 2. The van der Waals surface area contributed by atoms with Gasteiger partial charge in [-0.2, -0.15) is 0 Å². The van der Waals surface area contributed by atoms with Crippen molar-refractivity contribution in [2.75, 3.05) is 0 Å². The number of aliphatic hydroxyl groups is 3. The van der Waals surface area contributed by atoms with Crippen LogP contribution >= 0.6 is 0 Å². The Morgan fingerprint density at radius 1 is 0.964 bits per heavy atom. The standard InChI is InChI=1S/C20H18O8/c1-20(2,26)18(24)16(23)10-6-11-14(7-12(10)22)28-19(25)15-9-4-3-8(21)5-13(9)27-17(11)15/h3-7,16,18,21-24,26H,1-2H3. The van der Waals surface area contributed by atoms with Crippen LogP contribution in [0, 0.1) is 0 Å². The lowest BCUT2D eigenvalue weighted by Gasteiger charge is -2.29. The molecule has 0 aliphatic carbocycles. The third-order valence-electron chi connectivity index (χ3n) is 4.80. The SMILES string of the molecule is CC(C)(O)C(O)C(O)c1cc2c(cc1O)oc(=O)c1c3ccc(O)cc3oc21. The monoisotopic (exact) mass is 386 g/mol. The predicted octanol–water partition coefficient (Wildman–Crippen LogP) is 2.27. The van der Waals surface area contributed by atoms with Crippen molar-refractivity contribution in [1.29, 1.82) is 0 Å². The van der Waals surface area contributed by atoms with E-state index in [1.54, 1.807) is 0 Å². The second-order valence-electron chi connectivity index (χ2n) is 7.33. The molecular formula is C20H18O8. The number of phenols is 2. The van der Waals surface area contributed by atoms with Crippen molar-refractivity contribution in [2.24, 2.45) is 0 Å². The van der Waals surface area contributed by atoms with Crippen molar-refractivity contribution in [1.82, 2.24) is 0 Å². The van der Waals surface area contributed by atoms with E-state index in [1.165, 1.54) is 38.1 Å². The summed E-state index contributed by atoms with van der Waals surface area (Å²) in [5.74, 6) is -0.457. The molecule has 2 aromatic heterocycles. The van der Waals surface area contributed by atoms with Crippen LogP contribution in [0.2, 0.25) is 0 Å². The van der Waals surface area contributed by atoms with Gasteiger partial charge in [-0.1, -0.05) is 0 Å². The molecule has 2 aromatic carbocycles. The first-order valence-electron chi connectivity index (χ1n) is 8.51. The lowest BCUT2D eigenvalue weighted by molar-refractivity contribution is -0.107. The molecule has 28 heavy (non-hydrogen) atoms. The highest BCUT2D eigenvalue weighted by atomic mass is 16.4. The van der Waals surface area contributed by atoms with Gasteiger partial charge in [0.25, 0.3) is 0 Å². The number of aliphatic hydroxyl groups excluding tert-OH is 2. The zero-order chi connectivity index (χ0) is 20.4. The molecule has 2 unspecified atom stereocenters. The summed E-state index contributed by atoms with van der Waals surface area (Å²) in [4.78, 5) is 12.4. The Bertz CT molecular complexity index is 1280. The molecule has 0 amide bonds. The van der Waals surface area contributed by atoms with E-state index in [-0.39, 0.29) is 38.8 Å². The summed E-state index contributed by atoms with van der Waals surface area (Å²) in [6.45, 7) is 2.64. The molecule has 2 atom stereocenters. The van der Waals surface area contributed by atoms with Gasteiger partial charge in [-0.15, -0.1) is 0 Å². The van der Waals surface area contributed by atoms with Crippen molar-refractivity contribution < 1.29 is 34.4 Å². The number of fused-ring (bicyclic) bond motifs is 5. The third-order valence-corrected chi connectivity index (χ3v) is 4.80. The van der Waals surface area contributed by atoms with Crippen molar-refractivity contribution in [3.05, 3.63) is 46.3 Å². The fourth-order valence-electron chi connectivity index (χ4n) is 3.27. The minimum absolute atomic E-state index is 0.0203. The van der Waals surface area contributed by atoms with Crippen molar-refractivity contribution in [3.63, 3.8) is 0 Å². The summed E-state index contributed by atoms with van der Waals surface area (Å²) in [6.07, 6.45) is -3.20. The van der Waals surface area contributed by atoms with Crippen LogP contribution in [0.25, 0.3) is 32.9 Å². The van der Waals surface area contributed by atoms with Gasteiger partial charge in [-0.05, 0) is 32.0 Å². The van der Waals surface area contributed by atoms with Gasteiger partial charge < -0.3 is 34.4 Å². The van der Waals surface area contributed by atoms with Crippen LogP contribution in [0.3, 0.4) is 0 Å². The van der Waals surface area contributed by atoms with Gasteiger partial charge in [0.2, 0.25) is 0 Å². The van der Waals surface area contributed by atoms with Crippen LogP contribution in [0.5, 0.6) is 11.5 Å². The summed E-state index contributed by atoms with van der Waals surface area (Å²) >= 11 is 0. The zero-order valence-corrected chi connectivity index (χ0v) is 15.0. The number of hydrogen-bond acceptors (Lipinski definition) is 8. The van der Waals surface area contributed by atoms with Crippen LogP contribution in [-0.4, -0.2) is 37.2 Å². The normalized spacial score (nSPS) is 14.8. The molecule has 4 aromatic rings. The smallest absolute Gasteiger partial charge is 0.348 e. The first-order valence-corrected chi connectivity index (χ1v) is 8.51. The number of furan rings is 1. The molecule has 4 rings (SSSR count). The van der Waals surface area contributed by atoms with E-state index in [1.807, 2.05) is 0 Å². The molecule has 0 aliphatic heterocycles. The summed E-state index contributed by atoms with van der Waals surface area (Å²) in [6, 6.07) is 6.75. The van der Waals surface area contributed by atoms with Crippen LogP contribution in [0.4, 0.5) is 0 Å². The molecule has 2 heterocycles. The average Bonchev–Trinajstić information content (AvgIpc) is 2.98. The second kappa shape index (κ2) is 5.96. The molecule has 0 radical (unpaired) electrons. The highest BCUT2D eigenvalue weighted by Crippen LogP contribution is 2.38. The Kier molecular flexibility index (Phi) is 3.90. The molecule has 8 heteroatoms. The molecule has 0 saturated carbocycles. The van der Waals surface area contributed by atoms with Gasteiger partial charge in [0.1, 0.15) is 40.3 Å². The van der Waals surface area contributed by atoms with Crippen LogP contribution < -0.4 is 5.63 Å². The van der Waals surface area contributed by atoms with E-state index in [0.717, 1.165) is 6.07 Å². The lowest BCUT2D eigenvalue weighted by Crippen LogP contribution is -2.40. The Labute approximate surface area is 157 Å². The third kappa shape index (κ3) is 2.70. The van der Waals surface area contributed by atoms with Gasteiger partial charge >= 0.3 is 5.63 Å². The Balaban J connectivity index is 2.04. The Hall–Kier alpha value is -3.07.